The average Bonchev–Trinajstić information content (AvgIpc) is 2.34. The predicted molar refractivity (Wildman–Crippen MR) is 73.0 cm³/mol. The van der Waals surface area contributed by atoms with Gasteiger partial charge in [0.1, 0.15) is 6.54 Å². The molecule has 0 aromatic heterocycles. The molecule has 3 heteroatoms. The highest BCUT2D eigenvalue weighted by atomic mass is 16.5. The second-order valence-corrected chi connectivity index (χ2v) is 4.34. The second-order valence-electron chi connectivity index (χ2n) is 4.34. The molecule has 0 N–H and O–H groups in total. The Balaban J connectivity index is 4.57. The Bertz CT molecular complexity index is 261. The van der Waals surface area contributed by atoms with Gasteiger partial charge in [0.25, 0.3) is 0 Å². The molecule has 0 aliphatic carbocycles. The first-order valence-corrected chi connectivity index (χ1v) is 6.36. The van der Waals surface area contributed by atoms with E-state index < -0.39 is 0 Å². The van der Waals surface area contributed by atoms with Crippen LogP contribution in [0.4, 0.5) is 0 Å². The summed E-state index contributed by atoms with van der Waals surface area (Å²) in [5.74, 6) is 0.344. The molecule has 98 valence electrons. The molecule has 0 heterocycles. The molecule has 0 fully saturated rings. The first-order valence-electron chi connectivity index (χ1n) is 6.36. The maximum Gasteiger partial charge on any atom is 0.108 e. The lowest BCUT2D eigenvalue weighted by Gasteiger charge is -2.26. The van der Waals surface area contributed by atoms with Crippen LogP contribution in [0.15, 0.2) is 29.5 Å². The molecule has 0 spiro atoms. The number of rotatable bonds is 9. The van der Waals surface area contributed by atoms with Crippen molar-refractivity contribution in [3.63, 3.8) is 0 Å². The Hall–Kier alpha value is -0.960. The molecule has 0 saturated carbocycles. The van der Waals surface area contributed by atoms with Crippen molar-refractivity contribution in [1.82, 2.24) is 0 Å². The van der Waals surface area contributed by atoms with Gasteiger partial charge in [-0.15, -0.1) is 0 Å². The Morgan fingerprint density at radius 1 is 1.41 bits per heavy atom. The first-order chi connectivity index (χ1) is 8.10. The van der Waals surface area contributed by atoms with Crippen molar-refractivity contribution in [2.24, 2.45) is 11.1 Å². The zero-order chi connectivity index (χ0) is 13.3. The molecule has 17 heavy (non-hydrogen) atoms. The molecular formula is C14H25NO2. The molecule has 0 bridgehead atoms. The lowest BCUT2D eigenvalue weighted by atomic mass is 10.0. The van der Waals surface area contributed by atoms with E-state index in [1.807, 2.05) is 13.0 Å². The van der Waals surface area contributed by atoms with Gasteiger partial charge in [-0.25, -0.2) is 0 Å². The highest BCUT2D eigenvalue weighted by Gasteiger charge is 2.20. The molecule has 0 aromatic carbocycles. The fraction of sp³-hybridized carbons (Fsp3) is 0.714. The van der Waals surface area contributed by atoms with Gasteiger partial charge in [0.05, 0.1) is 12.2 Å². The normalized spacial score (nSPS) is 17.3. The highest BCUT2D eigenvalue weighted by molar-refractivity contribution is 5.13. The Labute approximate surface area is 105 Å². The molecule has 0 radical (unpaired) electrons. The van der Waals surface area contributed by atoms with Crippen molar-refractivity contribution in [2.75, 3.05) is 6.54 Å². The van der Waals surface area contributed by atoms with Crippen LogP contribution >= 0.6 is 0 Å². The molecule has 0 aromatic rings. The molecule has 0 saturated heterocycles. The van der Waals surface area contributed by atoms with Crippen LogP contribution in [0.3, 0.4) is 0 Å². The van der Waals surface area contributed by atoms with E-state index in [-0.39, 0.29) is 18.8 Å². The van der Waals surface area contributed by atoms with Gasteiger partial charge in [0, 0.05) is 0 Å². The number of ether oxygens (including phenoxy) is 1. The third kappa shape index (κ3) is 5.78. The molecule has 3 unspecified atom stereocenters. The number of nitrogens with zero attached hydrogens (tertiary/aromatic N) is 1. The van der Waals surface area contributed by atoms with E-state index in [0.29, 0.717) is 5.92 Å². The van der Waals surface area contributed by atoms with Crippen LogP contribution < -0.4 is 0 Å². The Morgan fingerprint density at radius 3 is 2.47 bits per heavy atom. The topological polar surface area (TPSA) is 38.7 Å². The Kier molecular flexibility index (Phi) is 8.60. The van der Waals surface area contributed by atoms with E-state index >= 15 is 0 Å². The fourth-order valence-corrected chi connectivity index (χ4v) is 1.74. The lowest BCUT2D eigenvalue weighted by molar-refractivity contribution is -0.0103. The zero-order valence-electron chi connectivity index (χ0n) is 11.5. The maximum absolute atomic E-state index is 10.4. The minimum absolute atomic E-state index is 0.0127. The van der Waals surface area contributed by atoms with Gasteiger partial charge >= 0.3 is 0 Å². The number of allylic oxidation sites excluding steroid dienone is 2. The summed E-state index contributed by atoms with van der Waals surface area (Å²) in [6.07, 6.45) is 5.59. The standard InChI is InChI=1S/C14H25NO2/c1-6-9-13(8-3)12(5)17-14(10-15-16)11(4)7-2/h6,9,11-12,14H,1,7-8,10H2,2-5H3/b13-9+. The van der Waals surface area contributed by atoms with Gasteiger partial charge in [0.2, 0.25) is 0 Å². The molecule has 0 amide bonds. The summed E-state index contributed by atoms with van der Waals surface area (Å²) in [7, 11) is 0. The van der Waals surface area contributed by atoms with Crippen LogP contribution in [0.1, 0.15) is 40.5 Å². The quantitative estimate of drug-likeness (QED) is 0.449. The fourth-order valence-electron chi connectivity index (χ4n) is 1.74. The Morgan fingerprint density at radius 2 is 2.06 bits per heavy atom. The number of hydrogen-bond acceptors (Lipinski definition) is 3. The van der Waals surface area contributed by atoms with E-state index in [4.69, 9.17) is 4.74 Å². The van der Waals surface area contributed by atoms with E-state index in [9.17, 15) is 4.91 Å². The minimum Gasteiger partial charge on any atom is -0.369 e. The number of nitroso groups, excluding NO2 is 1. The lowest BCUT2D eigenvalue weighted by Crippen LogP contribution is -2.29. The van der Waals surface area contributed by atoms with Gasteiger partial charge in [-0.1, -0.05) is 51.1 Å². The van der Waals surface area contributed by atoms with Gasteiger partial charge in [-0.3, -0.25) is 0 Å². The summed E-state index contributed by atoms with van der Waals surface area (Å²) in [4.78, 5) is 10.4. The van der Waals surface area contributed by atoms with Crippen molar-refractivity contribution in [3.8, 4) is 0 Å². The van der Waals surface area contributed by atoms with Crippen molar-refractivity contribution < 1.29 is 4.74 Å². The molecule has 0 rings (SSSR count). The second kappa shape index (κ2) is 9.11. The van der Waals surface area contributed by atoms with E-state index in [2.05, 4.69) is 32.5 Å². The first kappa shape index (κ1) is 16.0. The maximum atomic E-state index is 10.4. The summed E-state index contributed by atoms with van der Waals surface area (Å²) in [5, 5.41) is 2.97. The highest BCUT2D eigenvalue weighted by Crippen LogP contribution is 2.19. The van der Waals surface area contributed by atoms with Crippen LogP contribution in [-0.2, 0) is 4.74 Å². The smallest absolute Gasteiger partial charge is 0.108 e. The number of hydrogen-bond donors (Lipinski definition) is 0. The summed E-state index contributed by atoms with van der Waals surface area (Å²) in [5.41, 5.74) is 1.19. The van der Waals surface area contributed by atoms with E-state index in [0.717, 1.165) is 12.8 Å². The molecule has 0 aliphatic heterocycles. The predicted octanol–water partition coefficient (Wildman–Crippen LogP) is 4.10. The summed E-state index contributed by atoms with van der Waals surface area (Å²) in [6.45, 7) is 12.2. The largest absolute Gasteiger partial charge is 0.369 e. The minimum atomic E-state index is -0.0905. The SMILES string of the molecule is C=C/C=C(\CC)C(C)OC(CN=O)C(C)CC. The van der Waals surface area contributed by atoms with Crippen molar-refractivity contribution in [1.29, 1.82) is 0 Å². The summed E-state index contributed by atoms with van der Waals surface area (Å²) >= 11 is 0. The van der Waals surface area contributed by atoms with Gasteiger partial charge in [0.15, 0.2) is 0 Å². The van der Waals surface area contributed by atoms with Crippen LogP contribution in [0.5, 0.6) is 0 Å². The van der Waals surface area contributed by atoms with Gasteiger partial charge in [-0.05, 0) is 24.8 Å². The van der Waals surface area contributed by atoms with Crippen LogP contribution in [0.25, 0.3) is 0 Å². The summed E-state index contributed by atoms with van der Waals surface area (Å²) < 4.78 is 5.94. The molecule has 0 aliphatic rings. The van der Waals surface area contributed by atoms with Crippen LogP contribution in [-0.4, -0.2) is 18.8 Å². The van der Waals surface area contributed by atoms with Crippen molar-refractivity contribution >= 4 is 0 Å². The molecule has 3 nitrogen and oxygen atoms in total. The monoisotopic (exact) mass is 239 g/mol. The van der Waals surface area contributed by atoms with E-state index in [1.165, 1.54) is 5.57 Å². The zero-order valence-corrected chi connectivity index (χ0v) is 11.5. The van der Waals surface area contributed by atoms with Gasteiger partial charge in [-0.2, -0.15) is 4.91 Å². The third-order valence-electron chi connectivity index (χ3n) is 3.17. The van der Waals surface area contributed by atoms with Crippen molar-refractivity contribution in [3.05, 3.63) is 29.2 Å². The summed E-state index contributed by atoms with van der Waals surface area (Å²) in [6, 6.07) is 0. The van der Waals surface area contributed by atoms with E-state index in [1.54, 1.807) is 6.08 Å². The van der Waals surface area contributed by atoms with Gasteiger partial charge < -0.3 is 4.74 Å². The molecular weight excluding hydrogens is 214 g/mol. The third-order valence-corrected chi connectivity index (χ3v) is 3.17. The van der Waals surface area contributed by atoms with Crippen LogP contribution in [0, 0.1) is 10.8 Å². The molecule has 3 atom stereocenters. The van der Waals surface area contributed by atoms with Crippen LogP contribution in [0.2, 0.25) is 0 Å². The average molecular weight is 239 g/mol. The van der Waals surface area contributed by atoms with Crippen molar-refractivity contribution in [2.45, 2.75) is 52.7 Å².